The highest BCUT2D eigenvalue weighted by Gasteiger charge is 2.28. The molecular weight excluding hydrogens is 356 g/mol. The van der Waals surface area contributed by atoms with Crippen molar-refractivity contribution in [3.63, 3.8) is 0 Å². The predicted octanol–water partition coefficient (Wildman–Crippen LogP) is 2.24. The summed E-state index contributed by atoms with van der Waals surface area (Å²) in [6, 6.07) is 0.262. The standard InChI is InChI=1S/C19H32N8O/c1-12(14-6-5-7-14)22-18-15(27(4)11-26(3)10-13-8-9-13)17(21-2)23-19(24-18)16(20)25-28/h12-14,28H,2,5-11H2,1,3-4H3,(H2,20,25)(H,22,23,24)/t12-/m1/s1. The van der Waals surface area contributed by atoms with Crippen LogP contribution in [0, 0.1) is 11.8 Å². The van der Waals surface area contributed by atoms with Crippen LogP contribution in [0.1, 0.15) is 44.9 Å². The summed E-state index contributed by atoms with van der Waals surface area (Å²) < 4.78 is 0. The average Bonchev–Trinajstić information content (AvgIpc) is 3.42. The third kappa shape index (κ3) is 4.70. The largest absolute Gasteiger partial charge is 0.409 e. The Labute approximate surface area is 166 Å². The molecule has 3 rings (SSSR count). The van der Waals surface area contributed by atoms with Gasteiger partial charge in [0.15, 0.2) is 11.6 Å². The minimum atomic E-state index is -0.149. The zero-order valence-corrected chi connectivity index (χ0v) is 17.1. The summed E-state index contributed by atoms with van der Waals surface area (Å²) in [4.78, 5) is 17.4. The van der Waals surface area contributed by atoms with E-state index in [0.717, 1.165) is 24.8 Å². The van der Waals surface area contributed by atoms with Crippen LogP contribution >= 0.6 is 0 Å². The molecule has 1 aromatic heterocycles. The first-order chi connectivity index (χ1) is 13.4. The van der Waals surface area contributed by atoms with Crippen LogP contribution in [0.2, 0.25) is 0 Å². The normalized spacial score (nSPS) is 18.6. The van der Waals surface area contributed by atoms with Crippen LogP contribution in [0.15, 0.2) is 10.1 Å². The Balaban J connectivity index is 1.90. The molecule has 1 atom stereocenters. The van der Waals surface area contributed by atoms with Gasteiger partial charge < -0.3 is 21.2 Å². The SMILES string of the molecule is C=Nc1nc(/C(N)=N/O)nc(N[C@H](C)C2CCC2)c1N(C)CN(C)CC1CC1. The van der Waals surface area contributed by atoms with Gasteiger partial charge in [-0.1, -0.05) is 11.6 Å². The molecule has 2 aliphatic carbocycles. The number of amidine groups is 1. The third-order valence-corrected chi connectivity index (χ3v) is 5.68. The second kappa shape index (κ2) is 8.72. The third-order valence-electron chi connectivity index (χ3n) is 5.68. The molecule has 0 spiro atoms. The summed E-state index contributed by atoms with van der Waals surface area (Å²) in [7, 11) is 4.12. The molecule has 0 radical (unpaired) electrons. The highest BCUT2D eigenvalue weighted by Crippen LogP contribution is 2.37. The monoisotopic (exact) mass is 388 g/mol. The fourth-order valence-corrected chi connectivity index (χ4v) is 3.67. The van der Waals surface area contributed by atoms with Gasteiger partial charge in [-0.05, 0) is 58.2 Å². The molecule has 0 aliphatic heterocycles. The molecule has 28 heavy (non-hydrogen) atoms. The second-order valence-electron chi connectivity index (χ2n) is 8.16. The Hall–Kier alpha value is -2.42. The molecule has 2 saturated carbocycles. The van der Waals surface area contributed by atoms with E-state index in [9.17, 15) is 0 Å². The Morgan fingerprint density at radius 3 is 2.57 bits per heavy atom. The van der Waals surface area contributed by atoms with E-state index in [1.54, 1.807) is 0 Å². The van der Waals surface area contributed by atoms with E-state index in [0.29, 0.717) is 17.6 Å². The number of oxime groups is 1. The lowest BCUT2D eigenvalue weighted by Crippen LogP contribution is -2.36. The van der Waals surface area contributed by atoms with E-state index in [2.05, 4.69) is 55.9 Å². The number of aromatic nitrogens is 2. The molecule has 2 fully saturated rings. The van der Waals surface area contributed by atoms with Crippen molar-refractivity contribution in [2.75, 3.05) is 37.5 Å². The van der Waals surface area contributed by atoms with Crippen LogP contribution in [0.3, 0.4) is 0 Å². The first kappa shape index (κ1) is 20.3. The van der Waals surface area contributed by atoms with Gasteiger partial charge in [-0.25, -0.2) is 15.0 Å². The number of nitrogens with one attached hydrogen (secondary N) is 1. The Bertz CT molecular complexity index is 729. The Kier molecular flexibility index (Phi) is 6.33. The maximum Gasteiger partial charge on any atom is 0.208 e. The summed E-state index contributed by atoms with van der Waals surface area (Å²) >= 11 is 0. The Morgan fingerprint density at radius 1 is 1.32 bits per heavy atom. The van der Waals surface area contributed by atoms with Crippen molar-refractivity contribution in [1.82, 2.24) is 14.9 Å². The van der Waals surface area contributed by atoms with Crippen molar-refractivity contribution in [1.29, 1.82) is 0 Å². The highest BCUT2D eigenvalue weighted by atomic mass is 16.4. The summed E-state index contributed by atoms with van der Waals surface area (Å²) in [5, 5.41) is 15.6. The first-order valence-electron chi connectivity index (χ1n) is 9.95. The number of rotatable bonds is 10. The van der Waals surface area contributed by atoms with Crippen LogP contribution in [0.4, 0.5) is 17.3 Å². The molecule has 0 amide bonds. The molecule has 0 aromatic carbocycles. The van der Waals surface area contributed by atoms with Gasteiger partial charge in [0.2, 0.25) is 11.7 Å². The fraction of sp³-hybridized carbons (Fsp3) is 0.684. The topological polar surface area (TPSA) is 115 Å². The van der Waals surface area contributed by atoms with Crippen molar-refractivity contribution in [2.24, 2.45) is 27.7 Å². The van der Waals surface area contributed by atoms with E-state index in [-0.39, 0.29) is 17.7 Å². The van der Waals surface area contributed by atoms with Crippen LogP contribution in [0.25, 0.3) is 0 Å². The van der Waals surface area contributed by atoms with Crippen molar-refractivity contribution < 1.29 is 5.21 Å². The van der Waals surface area contributed by atoms with Gasteiger partial charge >= 0.3 is 0 Å². The number of nitrogens with zero attached hydrogens (tertiary/aromatic N) is 6. The maximum absolute atomic E-state index is 9.05. The molecule has 1 heterocycles. The highest BCUT2D eigenvalue weighted by molar-refractivity contribution is 5.95. The van der Waals surface area contributed by atoms with Crippen LogP contribution in [-0.4, -0.2) is 66.0 Å². The van der Waals surface area contributed by atoms with Crippen molar-refractivity contribution in [2.45, 2.75) is 45.1 Å². The summed E-state index contributed by atoms with van der Waals surface area (Å²) in [6.45, 7) is 7.63. The smallest absolute Gasteiger partial charge is 0.208 e. The minimum absolute atomic E-state index is 0.136. The lowest BCUT2D eigenvalue weighted by Gasteiger charge is -2.34. The molecule has 9 heteroatoms. The van der Waals surface area contributed by atoms with Crippen molar-refractivity contribution in [3.8, 4) is 0 Å². The molecule has 1 aromatic rings. The van der Waals surface area contributed by atoms with Crippen molar-refractivity contribution in [3.05, 3.63) is 5.82 Å². The van der Waals surface area contributed by atoms with E-state index >= 15 is 0 Å². The lowest BCUT2D eigenvalue weighted by atomic mass is 9.80. The number of aliphatic imine (C=N–C) groups is 1. The van der Waals surface area contributed by atoms with Gasteiger partial charge in [-0.2, -0.15) is 0 Å². The summed E-state index contributed by atoms with van der Waals surface area (Å²) in [5.74, 6) is 2.48. The van der Waals surface area contributed by atoms with E-state index < -0.39 is 0 Å². The van der Waals surface area contributed by atoms with Gasteiger partial charge in [-0.3, -0.25) is 4.90 Å². The molecule has 0 bridgehead atoms. The predicted molar refractivity (Wildman–Crippen MR) is 113 cm³/mol. The molecular formula is C19H32N8O. The zero-order valence-electron chi connectivity index (χ0n) is 17.1. The van der Waals surface area contributed by atoms with Crippen LogP contribution in [-0.2, 0) is 0 Å². The van der Waals surface area contributed by atoms with Gasteiger partial charge in [0.1, 0.15) is 5.69 Å². The zero-order chi connectivity index (χ0) is 20.3. The molecule has 0 unspecified atom stereocenters. The number of hydrogen-bond acceptors (Lipinski definition) is 8. The van der Waals surface area contributed by atoms with Gasteiger partial charge in [0.05, 0.1) is 6.67 Å². The molecule has 0 saturated heterocycles. The van der Waals surface area contributed by atoms with Gasteiger partial charge in [0, 0.05) is 19.6 Å². The first-order valence-corrected chi connectivity index (χ1v) is 9.95. The van der Waals surface area contributed by atoms with Crippen LogP contribution in [0.5, 0.6) is 0 Å². The summed E-state index contributed by atoms with van der Waals surface area (Å²) in [6.07, 6.45) is 6.34. The quantitative estimate of drug-likeness (QED) is 0.185. The van der Waals surface area contributed by atoms with E-state index in [1.165, 1.54) is 32.1 Å². The molecule has 154 valence electrons. The second-order valence-corrected chi connectivity index (χ2v) is 8.16. The fourth-order valence-electron chi connectivity index (χ4n) is 3.67. The van der Waals surface area contributed by atoms with Gasteiger partial charge in [-0.15, -0.1) is 0 Å². The molecule has 9 nitrogen and oxygen atoms in total. The molecule has 2 aliphatic rings. The summed E-state index contributed by atoms with van der Waals surface area (Å²) in [5.41, 5.74) is 6.52. The van der Waals surface area contributed by atoms with E-state index in [4.69, 9.17) is 10.9 Å². The number of anilines is 2. The maximum atomic E-state index is 9.05. The molecule has 4 N–H and O–H groups in total. The Morgan fingerprint density at radius 2 is 2.04 bits per heavy atom. The minimum Gasteiger partial charge on any atom is -0.409 e. The number of hydrogen-bond donors (Lipinski definition) is 3. The lowest BCUT2D eigenvalue weighted by molar-refractivity contribution is 0.285. The number of nitrogens with two attached hydrogens (primary N) is 1. The average molecular weight is 389 g/mol. The van der Waals surface area contributed by atoms with E-state index in [1.807, 2.05) is 7.05 Å². The van der Waals surface area contributed by atoms with Crippen LogP contribution < -0.4 is 16.0 Å². The van der Waals surface area contributed by atoms with Crippen molar-refractivity contribution >= 4 is 29.9 Å². The van der Waals surface area contributed by atoms with Gasteiger partial charge in [0.25, 0.3) is 0 Å².